The molecule has 10 aromatic carbocycles. The molecule has 12 heteroatoms. The zero-order chi connectivity index (χ0) is 51.1. The first-order valence-electron chi connectivity index (χ1n) is 23.2. The fraction of sp³-hybridized carbons (Fsp3) is 0. The van der Waals surface area contributed by atoms with Crippen LogP contribution in [0.2, 0.25) is 10.0 Å². The minimum atomic E-state index is -3.67. The van der Waals surface area contributed by atoms with Crippen LogP contribution in [-0.2, 0) is 19.7 Å². The van der Waals surface area contributed by atoms with E-state index in [4.69, 9.17) is 32.7 Å². The Morgan fingerprint density at radius 2 is 0.500 bits per heavy atom. The molecule has 10 rings (SSSR count). The summed E-state index contributed by atoms with van der Waals surface area (Å²) in [4.78, 5) is 10.0. The first-order valence-corrected chi connectivity index (χ1v) is 26.9. The quantitative estimate of drug-likeness (QED) is 0.0946. The van der Waals surface area contributed by atoms with Gasteiger partial charge in [0.2, 0.25) is 19.7 Å². The standard InChI is InChI=1S/C62H42Cl2N2O6S2/c63-51-17-33-59(34-18-51)73(67,68)61-37-29-57(30-38-61)71-55-25-1-43(2-26-55)41-65-53-21-13-49(14-22-53)47-9-5-45(6-10-47)46-7-11-48(12-8-46)50-15-23-54(24-16-50)66-42-44-3-27-56(28-4-44)72-58-31-39-62(40-32-58)74(69,70)60-35-19-52(64)20-36-60/h1-42H. The fourth-order valence-corrected chi connectivity index (χ4v) is 10.7. The Morgan fingerprint density at radius 1 is 0.284 bits per heavy atom. The lowest BCUT2D eigenvalue weighted by Crippen LogP contribution is -2.01. The van der Waals surface area contributed by atoms with Crippen molar-refractivity contribution in [2.45, 2.75) is 19.6 Å². The highest BCUT2D eigenvalue weighted by Gasteiger charge is 2.19. The second-order valence-corrected chi connectivity index (χ2v) is 21.7. The molecule has 0 aliphatic heterocycles. The lowest BCUT2D eigenvalue weighted by molar-refractivity contribution is 0.482. The molecule has 74 heavy (non-hydrogen) atoms. The number of hydrogen-bond donors (Lipinski definition) is 0. The van der Waals surface area contributed by atoms with Crippen LogP contribution in [0, 0.1) is 0 Å². The summed E-state index contributed by atoms with van der Waals surface area (Å²) in [5, 5.41) is 0.940. The van der Waals surface area contributed by atoms with Gasteiger partial charge in [-0.15, -0.1) is 0 Å². The van der Waals surface area contributed by atoms with Gasteiger partial charge in [-0.1, -0.05) is 96.0 Å². The average molecular weight is 1050 g/mol. The Hall–Kier alpha value is -8.38. The van der Waals surface area contributed by atoms with Gasteiger partial charge in [0.25, 0.3) is 0 Å². The van der Waals surface area contributed by atoms with Gasteiger partial charge in [0.05, 0.1) is 31.0 Å². The van der Waals surface area contributed by atoms with Gasteiger partial charge < -0.3 is 9.47 Å². The van der Waals surface area contributed by atoms with E-state index in [0.29, 0.717) is 33.0 Å². The number of nitrogens with zero attached hydrogens (tertiary/aromatic N) is 2. The van der Waals surface area contributed by atoms with Crippen molar-refractivity contribution in [1.29, 1.82) is 0 Å². The maximum atomic E-state index is 13.0. The molecule has 0 aliphatic carbocycles. The molecule has 0 spiro atoms. The number of benzene rings is 10. The molecule has 0 fully saturated rings. The predicted octanol–water partition coefficient (Wildman–Crippen LogP) is 16.7. The lowest BCUT2D eigenvalue weighted by Gasteiger charge is -2.08. The normalized spacial score (nSPS) is 11.8. The van der Waals surface area contributed by atoms with Crippen LogP contribution < -0.4 is 9.47 Å². The molecule has 0 aromatic heterocycles. The van der Waals surface area contributed by atoms with E-state index in [-0.39, 0.29) is 19.6 Å². The van der Waals surface area contributed by atoms with Crippen molar-refractivity contribution >= 4 is 66.7 Å². The Labute approximate surface area is 440 Å². The largest absolute Gasteiger partial charge is 0.457 e. The highest BCUT2D eigenvalue weighted by molar-refractivity contribution is 7.91. The van der Waals surface area contributed by atoms with Crippen molar-refractivity contribution in [3.05, 3.63) is 264 Å². The third-order valence-electron chi connectivity index (χ3n) is 12.0. The molecule has 0 aliphatic rings. The van der Waals surface area contributed by atoms with Gasteiger partial charge in [0.15, 0.2) is 0 Å². The third-order valence-corrected chi connectivity index (χ3v) is 16.1. The Balaban J connectivity index is 0.687. The van der Waals surface area contributed by atoms with Crippen molar-refractivity contribution in [2.75, 3.05) is 0 Å². The Bertz CT molecular complexity index is 3580. The van der Waals surface area contributed by atoms with Crippen LogP contribution in [0.15, 0.2) is 272 Å². The van der Waals surface area contributed by atoms with Gasteiger partial charge in [-0.05, 0) is 214 Å². The SMILES string of the molecule is O=S(=O)(c1ccc(Cl)cc1)c1ccc(Oc2ccc(C=Nc3ccc(-c4ccc(-c5ccc(-c6ccc(N=Cc7ccc(Oc8ccc(S(=O)(=O)c9ccc(Cl)cc9)cc8)cc7)cc6)cc5)cc4)cc3)cc2)cc1. The van der Waals surface area contributed by atoms with Crippen molar-refractivity contribution in [3.63, 3.8) is 0 Å². The van der Waals surface area contributed by atoms with Crippen LogP contribution in [0.4, 0.5) is 11.4 Å². The summed E-state index contributed by atoms with van der Waals surface area (Å²) < 4.78 is 63.9. The molecule has 362 valence electrons. The molecule has 8 nitrogen and oxygen atoms in total. The summed E-state index contributed by atoms with van der Waals surface area (Å²) in [6.07, 6.45) is 3.60. The minimum absolute atomic E-state index is 0.167. The number of rotatable bonds is 15. The summed E-state index contributed by atoms with van der Waals surface area (Å²) in [5.41, 5.74) is 10.1. The summed E-state index contributed by atoms with van der Waals surface area (Å²) >= 11 is 11.8. The maximum Gasteiger partial charge on any atom is 0.206 e. The lowest BCUT2D eigenvalue weighted by atomic mass is 9.98. The summed E-state index contributed by atoms with van der Waals surface area (Å²) in [6.45, 7) is 0. The van der Waals surface area contributed by atoms with Crippen LogP contribution in [-0.4, -0.2) is 29.3 Å². The van der Waals surface area contributed by atoms with Crippen LogP contribution in [0.25, 0.3) is 33.4 Å². The van der Waals surface area contributed by atoms with Crippen molar-refractivity contribution < 1.29 is 26.3 Å². The van der Waals surface area contributed by atoms with Crippen LogP contribution in [0.1, 0.15) is 11.1 Å². The molecular weight excluding hydrogens is 1000 g/mol. The summed E-state index contributed by atoms with van der Waals surface area (Å²) in [7, 11) is -7.34. The Kier molecular flexibility index (Phi) is 14.5. The summed E-state index contributed by atoms with van der Waals surface area (Å²) in [6, 6.07) is 73.1. The van der Waals surface area contributed by atoms with E-state index in [1.807, 2.05) is 72.8 Å². The van der Waals surface area contributed by atoms with Crippen molar-refractivity contribution in [1.82, 2.24) is 0 Å². The van der Waals surface area contributed by atoms with E-state index < -0.39 is 19.7 Å². The number of ether oxygens (including phenoxy) is 2. The first-order chi connectivity index (χ1) is 35.9. The fourth-order valence-electron chi connectivity index (χ4n) is 7.88. The molecular formula is C62H42Cl2N2O6S2. The van der Waals surface area contributed by atoms with Crippen LogP contribution in [0.5, 0.6) is 23.0 Å². The van der Waals surface area contributed by atoms with Gasteiger partial charge in [-0.25, -0.2) is 16.8 Å². The molecule has 0 saturated carbocycles. The highest BCUT2D eigenvalue weighted by Crippen LogP contribution is 2.32. The second-order valence-electron chi connectivity index (χ2n) is 17.0. The average Bonchev–Trinajstić information content (AvgIpc) is 3.44. The molecule has 0 saturated heterocycles. The van der Waals surface area contributed by atoms with Crippen LogP contribution in [0.3, 0.4) is 0 Å². The Morgan fingerprint density at radius 3 is 0.757 bits per heavy atom. The maximum absolute atomic E-state index is 13.0. The third kappa shape index (κ3) is 11.8. The number of aliphatic imine (C=N–C) groups is 2. The molecule has 0 heterocycles. The molecule has 0 bridgehead atoms. The van der Waals surface area contributed by atoms with Gasteiger partial charge in [0, 0.05) is 22.5 Å². The van der Waals surface area contributed by atoms with E-state index in [1.54, 1.807) is 61.0 Å². The number of hydrogen-bond acceptors (Lipinski definition) is 8. The van der Waals surface area contributed by atoms with E-state index >= 15 is 0 Å². The molecule has 10 aromatic rings. The van der Waals surface area contributed by atoms with Gasteiger partial charge in [-0.3, -0.25) is 9.98 Å². The van der Waals surface area contributed by atoms with E-state index in [0.717, 1.165) is 55.9 Å². The molecule has 0 amide bonds. The van der Waals surface area contributed by atoms with Gasteiger partial charge >= 0.3 is 0 Å². The zero-order valence-electron chi connectivity index (χ0n) is 39.2. The van der Waals surface area contributed by atoms with E-state index in [2.05, 4.69) is 82.8 Å². The number of halogens is 2. The van der Waals surface area contributed by atoms with Gasteiger partial charge in [-0.2, -0.15) is 0 Å². The number of sulfone groups is 2. The molecule has 0 radical (unpaired) electrons. The van der Waals surface area contributed by atoms with E-state index in [1.165, 1.54) is 48.5 Å². The molecule has 0 atom stereocenters. The first kappa shape index (κ1) is 49.2. The van der Waals surface area contributed by atoms with Gasteiger partial charge in [0.1, 0.15) is 23.0 Å². The minimum Gasteiger partial charge on any atom is -0.457 e. The molecule has 0 N–H and O–H groups in total. The van der Waals surface area contributed by atoms with Crippen molar-refractivity contribution in [3.8, 4) is 56.4 Å². The smallest absolute Gasteiger partial charge is 0.206 e. The highest BCUT2D eigenvalue weighted by atomic mass is 35.5. The van der Waals surface area contributed by atoms with Crippen molar-refractivity contribution in [2.24, 2.45) is 9.98 Å². The predicted molar refractivity (Wildman–Crippen MR) is 297 cm³/mol. The second kappa shape index (κ2) is 21.8. The monoisotopic (exact) mass is 1040 g/mol. The topological polar surface area (TPSA) is 111 Å². The van der Waals surface area contributed by atoms with E-state index in [9.17, 15) is 16.8 Å². The van der Waals surface area contributed by atoms with Crippen LogP contribution >= 0.6 is 23.2 Å². The molecule has 0 unspecified atom stereocenters. The zero-order valence-corrected chi connectivity index (χ0v) is 42.3. The summed E-state index contributed by atoms with van der Waals surface area (Å²) in [5.74, 6) is 2.25.